The highest BCUT2D eigenvalue weighted by Crippen LogP contribution is 2.30. The Morgan fingerprint density at radius 2 is 1.74 bits per heavy atom. The summed E-state index contributed by atoms with van der Waals surface area (Å²) >= 11 is 0. The number of hydrogen-bond acceptors (Lipinski definition) is 1. The quantitative estimate of drug-likeness (QED) is 0.486. The van der Waals surface area contributed by atoms with Crippen molar-refractivity contribution in [3.05, 3.63) is 42.5 Å². The lowest BCUT2D eigenvalue weighted by molar-refractivity contribution is 1.26. The molecule has 1 heterocycles. The molecule has 0 radical (unpaired) electrons. The SMILES string of the molecule is [CH+]=CC#CC#CC#CC#CC1C=Nc2ccccc21. The maximum Gasteiger partial charge on any atom is 0.222 e. The van der Waals surface area contributed by atoms with Crippen molar-refractivity contribution in [3.63, 3.8) is 0 Å². The van der Waals surface area contributed by atoms with Gasteiger partial charge in [0.25, 0.3) is 0 Å². The van der Waals surface area contributed by atoms with Crippen molar-refractivity contribution in [2.24, 2.45) is 4.99 Å². The number of aliphatic imine (C=N–C) groups is 1. The second-order valence-electron chi connectivity index (χ2n) is 3.52. The maximum atomic E-state index is 5.06. The summed E-state index contributed by atoms with van der Waals surface area (Å²) in [5.74, 6) is 21.2. The van der Waals surface area contributed by atoms with Crippen LogP contribution in [-0.4, -0.2) is 6.21 Å². The van der Waals surface area contributed by atoms with E-state index in [2.05, 4.69) is 52.4 Å². The molecule has 0 N–H and O–H groups in total. The Labute approximate surface area is 113 Å². The largest absolute Gasteiger partial charge is 0.259 e. The molecule has 1 aromatic rings. The van der Waals surface area contributed by atoms with Crippen LogP contribution in [-0.2, 0) is 0 Å². The molecule has 1 aliphatic heterocycles. The number of fused-ring (bicyclic) bond motifs is 1. The van der Waals surface area contributed by atoms with Crippen LogP contribution in [0.2, 0.25) is 0 Å². The van der Waals surface area contributed by atoms with Gasteiger partial charge in [-0.3, -0.25) is 4.99 Å². The summed E-state index contributed by atoms with van der Waals surface area (Å²) in [5, 5.41) is 0. The Morgan fingerprint density at radius 1 is 1.00 bits per heavy atom. The molecule has 1 unspecified atom stereocenters. The average molecular weight is 238 g/mol. The summed E-state index contributed by atoms with van der Waals surface area (Å²) in [6.07, 6.45) is 3.06. The van der Waals surface area contributed by atoms with Crippen molar-refractivity contribution >= 4 is 11.9 Å². The molecular formula is C18H8N+. The molecule has 0 saturated heterocycles. The van der Waals surface area contributed by atoms with E-state index in [-0.39, 0.29) is 5.92 Å². The lowest BCUT2D eigenvalue weighted by Crippen LogP contribution is -1.90. The molecule has 0 saturated carbocycles. The maximum absolute atomic E-state index is 5.06. The Morgan fingerprint density at radius 3 is 2.58 bits per heavy atom. The molecule has 1 aliphatic rings. The predicted molar refractivity (Wildman–Crippen MR) is 77.3 cm³/mol. The van der Waals surface area contributed by atoms with Crippen LogP contribution in [0.25, 0.3) is 0 Å². The minimum absolute atomic E-state index is 0.0186. The number of hydrogen-bond donors (Lipinski definition) is 0. The molecule has 1 heteroatoms. The molecule has 0 spiro atoms. The van der Waals surface area contributed by atoms with Gasteiger partial charge in [-0.25, -0.2) is 0 Å². The van der Waals surface area contributed by atoms with Gasteiger partial charge in [0, 0.05) is 24.0 Å². The van der Waals surface area contributed by atoms with Crippen molar-refractivity contribution in [2.75, 3.05) is 0 Å². The molecule has 0 fully saturated rings. The van der Waals surface area contributed by atoms with E-state index in [0.29, 0.717) is 0 Å². The highest BCUT2D eigenvalue weighted by Gasteiger charge is 2.14. The minimum atomic E-state index is 0.0186. The van der Waals surface area contributed by atoms with Crippen LogP contribution in [0.5, 0.6) is 0 Å². The van der Waals surface area contributed by atoms with Crippen LogP contribution in [0.15, 0.2) is 35.3 Å². The lowest BCUT2D eigenvalue weighted by atomic mass is 10.0. The standard InChI is InChI=1S/C18H8N/c1-2-3-4-5-6-7-8-9-12-16-15-19-18-14-11-10-13-17(16)18/h1-2,10-11,13-16H/q+1. The van der Waals surface area contributed by atoms with Crippen LogP contribution < -0.4 is 0 Å². The predicted octanol–water partition coefficient (Wildman–Crippen LogP) is 2.49. The van der Waals surface area contributed by atoms with Gasteiger partial charge in [-0.2, -0.15) is 0 Å². The smallest absolute Gasteiger partial charge is 0.222 e. The second-order valence-corrected chi connectivity index (χ2v) is 3.52. The van der Waals surface area contributed by atoms with Gasteiger partial charge in [-0.15, -0.1) is 0 Å². The zero-order valence-electron chi connectivity index (χ0n) is 10.1. The van der Waals surface area contributed by atoms with Crippen molar-refractivity contribution in [1.82, 2.24) is 0 Å². The molecule has 0 amide bonds. The number of allylic oxidation sites excluding steroid dienone is 1. The van der Waals surface area contributed by atoms with Gasteiger partial charge in [-0.05, 0) is 23.5 Å². The third-order valence-electron chi connectivity index (χ3n) is 2.33. The molecule has 1 atom stereocenters. The van der Waals surface area contributed by atoms with Gasteiger partial charge < -0.3 is 0 Å². The zero-order valence-corrected chi connectivity index (χ0v) is 10.1. The summed E-state index contributed by atoms with van der Waals surface area (Å²) in [6.45, 7) is 5.06. The number of benzene rings is 1. The van der Waals surface area contributed by atoms with Gasteiger partial charge in [-0.1, -0.05) is 24.1 Å². The topological polar surface area (TPSA) is 12.4 Å². The Hall–Kier alpha value is -3.22. The Bertz CT molecular complexity index is 766. The number of nitrogens with zero attached hydrogens (tertiary/aromatic N) is 1. The molecule has 2 rings (SSSR count). The van der Waals surface area contributed by atoms with E-state index in [1.54, 1.807) is 0 Å². The van der Waals surface area contributed by atoms with Crippen LogP contribution in [0.1, 0.15) is 11.5 Å². The first-order valence-electron chi connectivity index (χ1n) is 5.59. The highest BCUT2D eigenvalue weighted by atomic mass is 14.8. The molecule has 0 aromatic heterocycles. The van der Waals surface area contributed by atoms with Crippen molar-refractivity contribution < 1.29 is 0 Å². The summed E-state index contributed by atoms with van der Waals surface area (Å²) < 4.78 is 0. The zero-order chi connectivity index (χ0) is 13.3. The fourth-order valence-electron chi connectivity index (χ4n) is 1.53. The van der Waals surface area contributed by atoms with Crippen LogP contribution in [0.4, 0.5) is 5.69 Å². The summed E-state index contributed by atoms with van der Waals surface area (Å²) in [5.41, 5.74) is 2.09. The molecule has 1 nitrogen and oxygen atoms in total. The van der Waals surface area contributed by atoms with Crippen LogP contribution in [0.3, 0.4) is 0 Å². The van der Waals surface area contributed by atoms with E-state index >= 15 is 0 Å². The summed E-state index contributed by atoms with van der Waals surface area (Å²) in [6, 6.07) is 7.93. The third kappa shape index (κ3) is 3.37. The van der Waals surface area contributed by atoms with Crippen LogP contribution in [0, 0.1) is 53.9 Å². The number of rotatable bonds is 0. The van der Waals surface area contributed by atoms with Gasteiger partial charge >= 0.3 is 0 Å². The van der Waals surface area contributed by atoms with E-state index in [1.165, 1.54) is 6.08 Å². The molecular weight excluding hydrogens is 230 g/mol. The van der Waals surface area contributed by atoms with E-state index in [0.717, 1.165) is 11.3 Å². The first-order valence-corrected chi connectivity index (χ1v) is 5.59. The fourth-order valence-corrected chi connectivity index (χ4v) is 1.53. The fraction of sp³-hybridized carbons (Fsp3) is 0.0556. The van der Waals surface area contributed by atoms with Gasteiger partial charge in [0.2, 0.25) is 6.08 Å². The van der Waals surface area contributed by atoms with Crippen LogP contribution >= 0.6 is 0 Å². The first kappa shape index (κ1) is 12.2. The molecule has 84 valence electrons. The monoisotopic (exact) mass is 238 g/mol. The van der Waals surface area contributed by atoms with E-state index in [9.17, 15) is 0 Å². The Balaban J connectivity index is 2.03. The van der Waals surface area contributed by atoms with E-state index < -0.39 is 0 Å². The Kier molecular flexibility index (Phi) is 4.19. The lowest BCUT2D eigenvalue weighted by Gasteiger charge is -1.99. The average Bonchev–Trinajstić information content (AvgIpc) is 2.85. The van der Waals surface area contributed by atoms with Crippen molar-refractivity contribution in [3.8, 4) is 47.4 Å². The highest BCUT2D eigenvalue weighted by molar-refractivity contribution is 5.84. The van der Waals surface area contributed by atoms with E-state index in [1.807, 2.05) is 30.5 Å². The molecule has 0 aliphatic carbocycles. The van der Waals surface area contributed by atoms with Gasteiger partial charge in [0.15, 0.2) is 5.92 Å². The van der Waals surface area contributed by atoms with E-state index in [4.69, 9.17) is 6.58 Å². The minimum Gasteiger partial charge on any atom is -0.259 e. The first-order chi connectivity index (χ1) is 9.42. The third-order valence-corrected chi connectivity index (χ3v) is 2.33. The summed E-state index contributed by atoms with van der Waals surface area (Å²) in [4.78, 5) is 4.29. The number of para-hydroxylation sites is 1. The molecule has 0 bridgehead atoms. The normalized spacial score (nSPS) is 13.1. The van der Waals surface area contributed by atoms with Crippen molar-refractivity contribution in [2.45, 2.75) is 5.92 Å². The second kappa shape index (κ2) is 6.50. The molecule has 1 aromatic carbocycles. The van der Waals surface area contributed by atoms with Gasteiger partial charge in [0.05, 0.1) is 18.2 Å². The van der Waals surface area contributed by atoms with Gasteiger partial charge in [0.1, 0.15) is 5.92 Å². The van der Waals surface area contributed by atoms with Crippen molar-refractivity contribution in [1.29, 1.82) is 0 Å². The molecule has 19 heavy (non-hydrogen) atoms. The summed E-state index contributed by atoms with van der Waals surface area (Å²) in [7, 11) is 0.